The predicted octanol–water partition coefficient (Wildman–Crippen LogP) is 0.0606. The highest BCUT2D eigenvalue weighted by molar-refractivity contribution is 7.88. The maximum atomic E-state index is 13.2. The lowest BCUT2D eigenvalue weighted by molar-refractivity contribution is -0.156. The Kier molecular flexibility index (Phi) is 6.04. The van der Waals surface area contributed by atoms with Gasteiger partial charge in [-0.2, -0.15) is 4.31 Å². The van der Waals surface area contributed by atoms with Crippen LogP contribution in [0.4, 0.5) is 0 Å². The van der Waals surface area contributed by atoms with Gasteiger partial charge in [0.1, 0.15) is 12.1 Å². The summed E-state index contributed by atoms with van der Waals surface area (Å²) in [5.41, 5.74) is 0.388. The van der Waals surface area contributed by atoms with E-state index in [9.17, 15) is 27.9 Å². The SMILES string of the molecule is CS(=O)(=O)N1C[C@@H]2C/C=C\C[C@H](NC(=O)c3ccccc3)C(=O)N2[C@H](C(=O)O)C1. The lowest BCUT2D eigenvalue weighted by Crippen LogP contribution is -2.66. The highest BCUT2D eigenvalue weighted by Crippen LogP contribution is 2.24. The van der Waals surface area contributed by atoms with Gasteiger partial charge in [-0.15, -0.1) is 0 Å². The molecule has 0 aromatic heterocycles. The first-order chi connectivity index (χ1) is 13.7. The van der Waals surface area contributed by atoms with Crippen LogP contribution < -0.4 is 5.32 Å². The number of hydrogen-bond donors (Lipinski definition) is 2. The molecule has 2 aliphatic rings. The largest absolute Gasteiger partial charge is 0.480 e. The number of nitrogens with one attached hydrogen (secondary N) is 1. The monoisotopic (exact) mass is 421 g/mol. The summed E-state index contributed by atoms with van der Waals surface area (Å²) in [5, 5.41) is 12.3. The molecule has 2 aliphatic heterocycles. The number of hydrogen-bond acceptors (Lipinski definition) is 5. The van der Waals surface area contributed by atoms with Crippen LogP contribution >= 0.6 is 0 Å². The number of rotatable bonds is 4. The minimum absolute atomic E-state index is 0.0119. The molecule has 1 saturated heterocycles. The van der Waals surface area contributed by atoms with E-state index < -0.39 is 45.9 Å². The Balaban J connectivity index is 1.88. The highest BCUT2D eigenvalue weighted by atomic mass is 32.2. The zero-order chi connectivity index (χ0) is 21.2. The van der Waals surface area contributed by atoms with Gasteiger partial charge in [0.15, 0.2) is 0 Å². The van der Waals surface area contributed by atoms with Crippen LogP contribution in [0.5, 0.6) is 0 Å². The second-order valence-electron chi connectivity index (χ2n) is 7.17. The molecule has 3 rings (SSSR count). The normalized spacial score (nSPS) is 26.7. The molecule has 0 saturated carbocycles. The number of amides is 2. The smallest absolute Gasteiger partial charge is 0.327 e. The Morgan fingerprint density at radius 2 is 1.76 bits per heavy atom. The summed E-state index contributed by atoms with van der Waals surface area (Å²) in [6.45, 7) is -0.308. The summed E-state index contributed by atoms with van der Waals surface area (Å²) in [7, 11) is -3.61. The average molecular weight is 421 g/mol. The zero-order valence-corrected chi connectivity index (χ0v) is 16.7. The molecule has 0 spiro atoms. The lowest BCUT2D eigenvalue weighted by atomic mass is 9.98. The van der Waals surface area contributed by atoms with Crippen LogP contribution in [0, 0.1) is 0 Å². The average Bonchev–Trinajstić information content (AvgIpc) is 2.67. The van der Waals surface area contributed by atoms with Crippen LogP contribution in [0.15, 0.2) is 42.5 Å². The number of fused-ring (bicyclic) bond motifs is 1. The molecular weight excluding hydrogens is 398 g/mol. The van der Waals surface area contributed by atoms with E-state index in [-0.39, 0.29) is 19.5 Å². The summed E-state index contributed by atoms with van der Waals surface area (Å²) < 4.78 is 25.1. The highest BCUT2D eigenvalue weighted by Gasteiger charge is 2.45. The standard InChI is InChI=1S/C19H23N3O6S/c1-29(27,28)21-11-14-9-5-6-10-15(18(24)22(14)16(12-21)19(25)26)20-17(23)13-7-3-2-4-8-13/h2-8,14-16H,9-12H2,1H3,(H,20,23)(H,25,26)/b6-5-/t14-,15-,16-/m0/s1. The van der Waals surface area contributed by atoms with Gasteiger partial charge < -0.3 is 15.3 Å². The first kappa shape index (κ1) is 21.0. The van der Waals surface area contributed by atoms with E-state index in [0.717, 1.165) is 10.6 Å². The number of carboxylic acid groups (broad SMARTS) is 1. The van der Waals surface area contributed by atoms with E-state index >= 15 is 0 Å². The van der Waals surface area contributed by atoms with Gasteiger partial charge in [-0.25, -0.2) is 13.2 Å². The van der Waals surface area contributed by atoms with Crippen LogP contribution in [-0.2, 0) is 19.6 Å². The molecule has 0 radical (unpaired) electrons. The van der Waals surface area contributed by atoms with Gasteiger partial charge in [-0.05, 0) is 25.0 Å². The van der Waals surface area contributed by atoms with E-state index in [1.54, 1.807) is 42.5 Å². The maximum absolute atomic E-state index is 13.2. The first-order valence-electron chi connectivity index (χ1n) is 9.19. The number of carbonyl (C=O) groups excluding carboxylic acids is 2. The number of carbonyl (C=O) groups is 3. The number of benzene rings is 1. The molecule has 3 atom stereocenters. The number of piperazine rings is 1. The molecule has 29 heavy (non-hydrogen) atoms. The van der Waals surface area contributed by atoms with Crippen molar-refractivity contribution in [2.75, 3.05) is 19.3 Å². The van der Waals surface area contributed by atoms with Crippen molar-refractivity contribution in [3.05, 3.63) is 48.0 Å². The quantitative estimate of drug-likeness (QED) is 0.663. The third-order valence-corrected chi connectivity index (χ3v) is 6.35. The predicted molar refractivity (Wildman–Crippen MR) is 105 cm³/mol. The van der Waals surface area contributed by atoms with Gasteiger partial charge in [0.05, 0.1) is 6.26 Å². The Morgan fingerprint density at radius 1 is 1.10 bits per heavy atom. The maximum Gasteiger partial charge on any atom is 0.327 e. The van der Waals surface area contributed by atoms with Crippen molar-refractivity contribution < 1.29 is 27.9 Å². The lowest BCUT2D eigenvalue weighted by Gasteiger charge is -2.45. The van der Waals surface area contributed by atoms with E-state index in [4.69, 9.17) is 0 Å². The molecule has 10 heteroatoms. The van der Waals surface area contributed by atoms with Crippen LogP contribution in [0.25, 0.3) is 0 Å². The molecule has 0 aliphatic carbocycles. The summed E-state index contributed by atoms with van der Waals surface area (Å²) in [6, 6.07) is 5.53. The number of nitrogens with zero attached hydrogens (tertiary/aromatic N) is 2. The van der Waals surface area contributed by atoms with Crippen LogP contribution in [0.1, 0.15) is 23.2 Å². The van der Waals surface area contributed by atoms with Gasteiger partial charge in [-0.1, -0.05) is 30.4 Å². The first-order valence-corrected chi connectivity index (χ1v) is 11.0. The van der Waals surface area contributed by atoms with Crippen LogP contribution in [0.3, 0.4) is 0 Å². The molecule has 2 N–H and O–H groups in total. The third kappa shape index (κ3) is 4.65. The Hall–Kier alpha value is -2.72. The van der Waals surface area contributed by atoms with Crippen LogP contribution in [0.2, 0.25) is 0 Å². The number of carboxylic acids is 1. The molecule has 1 aromatic carbocycles. The van der Waals surface area contributed by atoms with Crippen molar-refractivity contribution in [3.8, 4) is 0 Å². The van der Waals surface area contributed by atoms with Crippen LogP contribution in [-0.4, -0.2) is 78.0 Å². The molecular formula is C19H23N3O6S. The molecule has 2 amide bonds. The Bertz CT molecular complexity index is 931. The van der Waals surface area contributed by atoms with E-state index in [1.807, 2.05) is 0 Å². The van der Waals surface area contributed by atoms with Crippen molar-refractivity contribution in [2.24, 2.45) is 0 Å². The van der Waals surface area contributed by atoms with Crippen molar-refractivity contribution in [1.82, 2.24) is 14.5 Å². The third-order valence-electron chi connectivity index (χ3n) is 5.11. The summed E-state index contributed by atoms with van der Waals surface area (Å²) >= 11 is 0. The minimum atomic E-state index is -3.61. The Morgan fingerprint density at radius 3 is 2.38 bits per heavy atom. The summed E-state index contributed by atoms with van der Waals surface area (Å²) in [5.74, 6) is -2.24. The Labute approximate surface area is 169 Å². The second kappa shape index (κ2) is 8.34. The number of aliphatic carboxylic acids is 1. The topological polar surface area (TPSA) is 124 Å². The molecule has 156 valence electrons. The van der Waals surface area contributed by atoms with Crippen molar-refractivity contribution in [2.45, 2.75) is 31.0 Å². The van der Waals surface area contributed by atoms with Crippen molar-refractivity contribution in [1.29, 1.82) is 0 Å². The van der Waals surface area contributed by atoms with Gasteiger partial charge in [0.25, 0.3) is 5.91 Å². The molecule has 1 aromatic rings. The molecule has 0 unspecified atom stereocenters. The molecule has 0 bridgehead atoms. The van der Waals surface area contributed by atoms with Gasteiger partial charge in [-0.3, -0.25) is 9.59 Å². The number of sulfonamides is 1. The van der Waals surface area contributed by atoms with E-state index in [2.05, 4.69) is 5.32 Å². The fourth-order valence-corrected chi connectivity index (χ4v) is 4.50. The summed E-state index contributed by atoms with van der Waals surface area (Å²) in [6.07, 6.45) is 5.12. The van der Waals surface area contributed by atoms with Gasteiger partial charge in [0, 0.05) is 24.7 Å². The van der Waals surface area contributed by atoms with E-state index in [1.165, 1.54) is 4.90 Å². The van der Waals surface area contributed by atoms with E-state index in [0.29, 0.717) is 12.0 Å². The minimum Gasteiger partial charge on any atom is -0.480 e. The fourth-order valence-electron chi connectivity index (χ4n) is 3.64. The van der Waals surface area contributed by atoms with Crippen molar-refractivity contribution >= 4 is 27.8 Å². The van der Waals surface area contributed by atoms with Gasteiger partial charge in [0.2, 0.25) is 15.9 Å². The zero-order valence-electron chi connectivity index (χ0n) is 15.9. The van der Waals surface area contributed by atoms with Crippen molar-refractivity contribution in [3.63, 3.8) is 0 Å². The molecule has 1 fully saturated rings. The van der Waals surface area contributed by atoms with Gasteiger partial charge >= 0.3 is 5.97 Å². The molecule has 2 heterocycles. The second-order valence-corrected chi connectivity index (χ2v) is 9.15. The summed E-state index contributed by atoms with van der Waals surface area (Å²) in [4.78, 5) is 38.8. The molecule has 9 nitrogen and oxygen atoms in total. The fraction of sp³-hybridized carbons (Fsp3) is 0.421.